The number of fused-ring (bicyclic) bond motifs is 2. The fraction of sp³-hybridized carbons (Fsp3) is 0.789. The number of rotatable bonds is 4. The maximum absolute atomic E-state index is 12.6. The molecule has 0 saturated carbocycles. The number of carbonyl (C=O) groups excluding carboxylic acids is 1. The summed E-state index contributed by atoms with van der Waals surface area (Å²) in [5.74, 6) is 1.60. The van der Waals surface area contributed by atoms with Crippen LogP contribution in [0.4, 0.5) is 4.79 Å². The van der Waals surface area contributed by atoms with E-state index in [0.717, 1.165) is 44.0 Å². The van der Waals surface area contributed by atoms with Gasteiger partial charge in [-0.2, -0.15) is 5.10 Å². The number of guanidine groups is 1. The second kappa shape index (κ2) is 9.94. The number of halogens is 1. The molecule has 2 unspecified atom stereocenters. The Morgan fingerprint density at radius 3 is 2.48 bits per heavy atom. The highest BCUT2D eigenvalue weighted by molar-refractivity contribution is 14.0. The number of nitrogens with one attached hydrogen (secondary N) is 2. The van der Waals surface area contributed by atoms with E-state index in [2.05, 4.69) is 25.7 Å². The third kappa shape index (κ3) is 6.19. The first-order valence-corrected chi connectivity index (χ1v) is 10.2. The Labute approximate surface area is 190 Å². The van der Waals surface area contributed by atoms with Crippen LogP contribution in [0.2, 0.25) is 0 Å². The van der Waals surface area contributed by atoms with Crippen molar-refractivity contribution in [3.05, 3.63) is 12.2 Å². The van der Waals surface area contributed by atoms with E-state index in [0.29, 0.717) is 6.54 Å². The molecular weight excluding hydrogens is 485 g/mol. The molecule has 2 fully saturated rings. The molecule has 2 aliphatic heterocycles. The standard InChI is InChI=1S/C19H33N7O2.HI/c1-6-20-17(21-11-16-22-12-23-25(16)5)24-13-9-14-7-8-15(10-13)26(14)18(27)28-19(2,3)4;/h12-15H,6-11H2,1-5H3,(H2,20,21,24);1H. The van der Waals surface area contributed by atoms with Gasteiger partial charge in [-0.25, -0.2) is 14.8 Å². The van der Waals surface area contributed by atoms with Gasteiger partial charge in [0, 0.05) is 31.7 Å². The molecule has 0 radical (unpaired) electrons. The second-order valence-electron chi connectivity index (χ2n) is 8.58. The molecule has 10 heteroatoms. The first kappa shape index (κ1) is 23.7. The number of hydrogen-bond donors (Lipinski definition) is 2. The molecule has 2 bridgehead atoms. The van der Waals surface area contributed by atoms with Crippen LogP contribution in [0, 0.1) is 0 Å². The summed E-state index contributed by atoms with van der Waals surface area (Å²) in [6, 6.07) is 0.744. The molecule has 2 saturated heterocycles. The Balaban J connectivity index is 0.00000300. The lowest BCUT2D eigenvalue weighted by Gasteiger charge is -2.40. The lowest BCUT2D eigenvalue weighted by molar-refractivity contribution is 0.00545. The van der Waals surface area contributed by atoms with Crippen molar-refractivity contribution in [2.24, 2.45) is 12.0 Å². The van der Waals surface area contributed by atoms with E-state index >= 15 is 0 Å². The molecule has 2 N–H and O–H groups in total. The van der Waals surface area contributed by atoms with E-state index in [1.165, 1.54) is 6.33 Å². The van der Waals surface area contributed by atoms with E-state index in [-0.39, 0.29) is 48.2 Å². The molecule has 0 aromatic carbocycles. The molecule has 1 amide bonds. The van der Waals surface area contributed by atoms with E-state index in [1.807, 2.05) is 39.6 Å². The SMILES string of the molecule is CCNC(=NCc1ncnn1C)NC1CC2CCC(C1)N2C(=O)OC(C)(C)C.I. The van der Waals surface area contributed by atoms with E-state index in [1.54, 1.807) is 4.68 Å². The highest BCUT2D eigenvalue weighted by Crippen LogP contribution is 2.36. The van der Waals surface area contributed by atoms with Crippen LogP contribution in [0.15, 0.2) is 11.3 Å². The third-order valence-electron chi connectivity index (χ3n) is 5.21. The van der Waals surface area contributed by atoms with Gasteiger partial charge in [-0.1, -0.05) is 0 Å². The summed E-state index contributed by atoms with van der Waals surface area (Å²) in [4.78, 5) is 23.4. The quantitative estimate of drug-likeness (QED) is 0.361. The zero-order valence-corrected chi connectivity index (χ0v) is 20.3. The van der Waals surface area contributed by atoms with Crippen LogP contribution in [-0.2, 0) is 18.3 Å². The number of ether oxygens (including phenoxy) is 1. The summed E-state index contributed by atoms with van der Waals surface area (Å²) in [7, 11) is 1.86. The van der Waals surface area contributed by atoms with Crippen molar-refractivity contribution in [3.8, 4) is 0 Å². The van der Waals surface area contributed by atoms with Crippen LogP contribution < -0.4 is 10.6 Å². The Morgan fingerprint density at radius 2 is 1.97 bits per heavy atom. The molecule has 0 aliphatic carbocycles. The maximum atomic E-state index is 12.6. The van der Waals surface area contributed by atoms with Crippen LogP contribution in [0.5, 0.6) is 0 Å². The summed E-state index contributed by atoms with van der Waals surface area (Å²) in [6.07, 6.45) is 5.24. The summed E-state index contributed by atoms with van der Waals surface area (Å²) in [5, 5.41) is 10.9. The fourth-order valence-corrected chi connectivity index (χ4v) is 4.03. The van der Waals surface area contributed by atoms with Gasteiger partial charge in [0.1, 0.15) is 24.3 Å². The van der Waals surface area contributed by atoms with E-state index in [9.17, 15) is 4.79 Å². The van der Waals surface area contributed by atoms with Crippen molar-refractivity contribution >= 4 is 36.0 Å². The lowest BCUT2D eigenvalue weighted by Crippen LogP contribution is -2.55. The van der Waals surface area contributed by atoms with Crippen molar-refractivity contribution in [1.29, 1.82) is 0 Å². The van der Waals surface area contributed by atoms with Gasteiger partial charge in [0.05, 0.1) is 0 Å². The van der Waals surface area contributed by atoms with Crippen LogP contribution in [-0.4, -0.2) is 62.0 Å². The van der Waals surface area contributed by atoms with Gasteiger partial charge in [-0.15, -0.1) is 24.0 Å². The highest BCUT2D eigenvalue weighted by atomic mass is 127. The first-order chi connectivity index (χ1) is 13.3. The molecule has 0 spiro atoms. The minimum absolute atomic E-state index is 0. The predicted octanol–water partition coefficient (Wildman–Crippen LogP) is 2.42. The molecular formula is C19H34IN7O2. The van der Waals surface area contributed by atoms with Crippen LogP contribution in [0.1, 0.15) is 59.2 Å². The Kier molecular flexibility index (Phi) is 8.12. The van der Waals surface area contributed by atoms with Crippen molar-refractivity contribution in [2.75, 3.05) is 6.54 Å². The molecule has 1 aromatic heterocycles. The largest absolute Gasteiger partial charge is 0.444 e. The van der Waals surface area contributed by atoms with Crippen molar-refractivity contribution < 1.29 is 9.53 Å². The smallest absolute Gasteiger partial charge is 0.410 e. The summed E-state index contributed by atoms with van der Waals surface area (Å²) >= 11 is 0. The molecule has 2 atom stereocenters. The number of hydrogen-bond acceptors (Lipinski definition) is 5. The van der Waals surface area contributed by atoms with Crippen molar-refractivity contribution in [3.63, 3.8) is 0 Å². The number of piperidine rings is 1. The highest BCUT2D eigenvalue weighted by Gasteiger charge is 2.45. The van der Waals surface area contributed by atoms with Crippen LogP contribution >= 0.6 is 24.0 Å². The normalized spacial score (nSPS) is 24.1. The minimum atomic E-state index is -0.462. The molecule has 29 heavy (non-hydrogen) atoms. The molecule has 3 rings (SSSR count). The van der Waals surface area contributed by atoms with Crippen molar-refractivity contribution in [2.45, 2.75) is 83.6 Å². The van der Waals surface area contributed by atoms with E-state index < -0.39 is 5.60 Å². The van der Waals surface area contributed by atoms with Gasteiger partial charge in [-0.05, 0) is 53.4 Å². The number of aryl methyl sites for hydroxylation is 1. The average molecular weight is 519 g/mol. The lowest BCUT2D eigenvalue weighted by atomic mass is 9.98. The summed E-state index contributed by atoms with van der Waals surface area (Å²) in [6.45, 7) is 9.05. The van der Waals surface area contributed by atoms with Gasteiger partial charge in [0.25, 0.3) is 0 Å². The number of amides is 1. The Morgan fingerprint density at radius 1 is 1.31 bits per heavy atom. The van der Waals surface area contributed by atoms with Gasteiger partial charge in [-0.3, -0.25) is 4.68 Å². The fourth-order valence-electron chi connectivity index (χ4n) is 4.03. The zero-order valence-electron chi connectivity index (χ0n) is 18.0. The molecule has 3 heterocycles. The number of nitrogens with zero attached hydrogens (tertiary/aromatic N) is 5. The number of aromatic nitrogens is 3. The number of carbonyl (C=O) groups is 1. The average Bonchev–Trinajstić information content (AvgIpc) is 3.12. The molecule has 9 nitrogen and oxygen atoms in total. The summed E-state index contributed by atoms with van der Waals surface area (Å²) in [5.41, 5.74) is -0.462. The molecule has 2 aliphatic rings. The van der Waals surface area contributed by atoms with Gasteiger partial charge in [0.2, 0.25) is 0 Å². The monoisotopic (exact) mass is 519 g/mol. The van der Waals surface area contributed by atoms with Crippen LogP contribution in [0.3, 0.4) is 0 Å². The first-order valence-electron chi connectivity index (χ1n) is 10.2. The minimum Gasteiger partial charge on any atom is -0.444 e. The third-order valence-corrected chi connectivity index (χ3v) is 5.21. The Hall–Kier alpha value is -1.59. The maximum Gasteiger partial charge on any atom is 0.410 e. The second-order valence-corrected chi connectivity index (χ2v) is 8.58. The van der Waals surface area contributed by atoms with Gasteiger partial charge in [0.15, 0.2) is 5.96 Å². The van der Waals surface area contributed by atoms with Gasteiger partial charge >= 0.3 is 6.09 Å². The predicted molar refractivity (Wildman–Crippen MR) is 122 cm³/mol. The van der Waals surface area contributed by atoms with Crippen molar-refractivity contribution in [1.82, 2.24) is 30.3 Å². The topological polar surface area (TPSA) is 96.7 Å². The van der Waals surface area contributed by atoms with E-state index in [4.69, 9.17) is 4.74 Å². The number of aliphatic imine (C=N–C) groups is 1. The molecule has 164 valence electrons. The van der Waals surface area contributed by atoms with Gasteiger partial charge < -0.3 is 20.3 Å². The molecule has 1 aromatic rings. The Bertz CT molecular complexity index is 702. The van der Waals surface area contributed by atoms with Crippen LogP contribution in [0.25, 0.3) is 0 Å². The zero-order chi connectivity index (χ0) is 20.3. The summed E-state index contributed by atoms with van der Waals surface area (Å²) < 4.78 is 7.35.